The van der Waals surface area contributed by atoms with Crippen LogP contribution in [0.25, 0.3) is 0 Å². The van der Waals surface area contributed by atoms with Crippen LogP contribution in [0.4, 0.5) is 8.78 Å². The van der Waals surface area contributed by atoms with Crippen LogP contribution in [0.3, 0.4) is 0 Å². The van der Waals surface area contributed by atoms with Crippen molar-refractivity contribution in [2.75, 3.05) is 13.6 Å². The summed E-state index contributed by atoms with van der Waals surface area (Å²) in [5.41, 5.74) is 0.531. The molecule has 4 nitrogen and oxygen atoms in total. The number of thiophene rings is 1. The van der Waals surface area contributed by atoms with Gasteiger partial charge in [0.15, 0.2) is 5.96 Å². The number of aliphatic imine (C=N–C) groups is 1. The summed E-state index contributed by atoms with van der Waals surface area (Å²) < 4.78 is 29.4. The van der Waals surface area contributed by atoms with Crippen molar-refractivity contribution in [2.45, 2.75) is 19.6 Å². The molecule has 24 heavy (non-hydrogen) atoms. The third kappa shape index (κ3) is 5.98. The van der Waals surface area contributed by atoms with E-state index in [1.54, 1.807) is 24.5 Å². The van der Waals surface area contributed by atoms with E-state index in [0.717, 1.165) is 13.0 Å². The molecule has 0 spiro atoms. The molecule has 0 atom stereocenters. The first-order chi connectivity index (χ1) is 11.6. The van der Waals surface area contributed by atoms with Crippen LogP contribution < -0.4 is 15.4 Å². The molecule has 0 fully saturated rings. The minimum absolute atomic E-state index is 0.0935. The van der Waals surface area contributed by atoms with Crippen molar-refractivity contribution in [2.24, 2.45) is 4.99 Å². The molecule has 2 rings (SSSR count). The maximum atomic E-state index is 12.5. The zero-order valence-electron chi connectivity index (χ0n) is 13.1. The number of nitrogens with zero attached hydrogens (tertiary/aromatic N) is 1. The Labute approximate surface area is 148 Å². The predicted molar refractivity (Wildman–Crippen MR) is 94.3 cm³/mol. The molecule has 1 aromatic carbocycles. The number of guanidine groups is 1. The first kappa shape index (κ1) is 18.5. The number of benzene rings is 1. The lowest BCUT2D eigenvalue weighted by Crippen LogP contribution is -2.37. The molecule has 0 aliphatic carbocycles. The number of hydrogen-bond donors (Lipinski definition) is 2. The van der Waals surface area contributed by atoms with E-state index in [1.807, 2.05) is 11.4 Å². The highest BCUT2D eigenvalue weighted by Crippen LogP contribution is 2.24. The number of rotatable bonds is 7. The van der Waals surface area contributed by atoms with Crippen LogP contribution in [-0.4, -0.2) is 26.2 Å². The number of halogens is 3. The maximum Gasteiger partial charge on any atom is 0.387 e. The van der Waals surface area contributed by atoms with Crippen molar-refractivity contribution in [1.29, 1.82) is 0 Å². The Bertz CT molecular complexity index is 665. The molecule has 1 aromatic heterocycles. The summed E-state index contributed by atoms with van der Waals surface area (Å²) in [6.07, 6.45) is 0.884. The Morgan fingerprint density at radius 3 is 2.83 bits per heavy atom. The van der Waals surface area contributed by atoms with Gasteiger partial charge in [-0.25, -0.2) is 0 Å². The molecule has 0 saturated heterocycles. The topological polar surface area (TPSA) is 45.7 Å². The van der Waals surface area contributed by atoms with Gasteiger partial charge in [0.25, 0.3) is 0 Å². The van der Waals surface area contributed by atoms with E-state index in [4.69, 9.17) is 11.6 Å². The molecule has 1 heterocycles. The molecule has 0 aliphatic heterocycles. The quantitative estimate of drug-likeness (QED) is 0.571. The normalized spacial score (nSPS) is 11.6. The summed E-state index contributed by atoms with van der Waals surface area (Å²) in [5, 5.41) is 8.73. The monoisotopic (exact) mass is 373 g/mol. The standard InChI is InChI=1S/C16H18ClF2N3OS/c1-20-16(21-7-6-13-3-2-8-24-13)22-10-11-9-12(17)4-5-14(11)23-15(18)19/h2-5,8-9,15H,6-7,10H2,1H3,(H2,20,21,22). The van der Waals surface area contributed by atoms with Gasteiger partial charge in [-0.05, 0) is 36.1 Å². The number of alkyl halides is 2. The Morgan fingerprint density at radius 2 is 2.17 bits per heavy atom. The Hall–Kier alpha value is -1.86. The van der Waals surface area contributed by atoms with Gasteiger partial charge in [0.1, 0.15) is 5.75 Å². The highest BCUT2D eigenvalue weighted by Gasteiger charge is 2.11. The van der Waals surface area contributed by atoms with E-state index in [2.05, 4.69) is 26.4 Å². The fraction of sp³-hybridized carbons (Fsp3) is 0.312. The maximum absolute atomic E-state index is 12.5. The summed E-state index contributed by atoms with van der Waals surface area (Å²) in [5.74, 6) is 0.672. The van der Waals surface area contributed by atoms with Gasteiger partial charge in [-0.2, -0.15) is 8.78 Å². The van der Waals surface area contributed by atoms with Crippen molar-refractivity contribution < 1.29 is 13.5 Å². The average Bonchev–Trinajstić information content (AvgIpc) is 3.06. The van der Waals surface area contributed by atoms with Crippen LogP contribution in [0.1, 0.15) is 10.4 Å². The van der Waals surface area contributed by atoms with Gasteiger partial charge < -0.3 is 15.4 Å². The van der Waals surface area contributed by atoms with Crippen LogP contribution >= 0.6 is 22.9 Å². The van der Waals surface area contributed by atoms with Crippen molar-refractivity contribution in [3.8, 4) is 5.75 Å². The minimum Gasteiger partial charge on any atom is -0.434 e. The van der Waals surface area contributed by atoms with Gasteiger partial charge in [-0.3, -0.25) is 4.99 Å². The molecule has 8 heteroatoms. The second kappa shape index (κ2) is 9.44. The molecule has 0 saturated carbocycles. The fourth-order valence-electron chi connectivity index (χ4n) is 2.06. The van der Waals surface area contributed by atoms with E-state index in [1.165, 1.54) is 17.0 Å². The highest BCUT2D eigenvalue weighted by molar-refractivity contribution is 7.09. The first-order valence-electron chi connectivity index (χ1n) is 7.28. The molecule has 0 amide bonds. The van der Waals surface area contributed by atoms with E-state index in [0.29, 0.717) is 16.5 Å². The van der Waals surface area contributed by atoms with Crippen LogP contribution in [0, 0.1) is 0 Å². The predicted octanol–water partition coefficient (Wildman–Crippen LogP) is 3.91. The molecule has 0 aliphatic rings. The molecule has 2 N–H and O–H groups in total. The molecule has 0 radical (unpaired) electrons. The molecular formula is C16H18ClF2N3OS. The van der Waals surface area contributed by atoms with Crippen molar-refractivity contribution in [3.05, 3.63) is 51.2 Å². The minimum atomic E-state index is -2.88. The summed E-state index contributed by atoms with van der Waals surface area (Å²) in [6.45, 7) is -1.90. The summed E-state index contributed by atoms with van der Waals surface area (Å²) >= 11 is 7.63. The average molecular weight is 374 g/mol. The largest absolute Gasteiger partial charge is 0.434 e. The van der Waals surface area contributed by atoms with Gasteiger partial charge in [-0.15, -0.1) is 11.3 Å². The zero-order chi connectivity index (χ0) is 17.4. The first-order valence-corrected chi connectivity index (χ1v) is 8.54. The number of ether oxygens (including phenoxy) is 1. The Morgan fingerprint density at radius 1 is 1.33 bits per heavy atom. The second-order valence-electron chi connectivity index (χ2n) is 4.81. The zero-order valence-corrected chi connectivity index (χ0v) is 14.6. The second-order valence-corrected chi connectivity index (χ2v) is 6.28. The van der Waals surface area contributed by atoms with Crippen LogP contribution in [0.2, 0.25) is 5.02 Å². The molecule has 2 aromatic rings. The highest BCUT2D eigenvalue weighted by atomic mass is 35.5. The third-order valence-electron chi connectivity index (χ3n) is 3.15. The van der Waals surface area contributed by atoms with Crippen molar-refractivity contribution in [3.63, 3.8) is 0 Å². The van der Waals surface area contributed by atoms with Crippen molar-refractivity contribution in [1.82, 2.24) is 10.6 Å². The van der Waals surface area contributed by atoms with Gasteiger partial charge in [0.05, 0.1) is 0 Å². The third-order valence-corrected chi connectivity index (χ3v) is 4.32. The van der Waals surface area contributed by atoms with Crippen LogP contribution in [0.5, 0.6) is 5.75 Å². The van der Waals surface area contributed by atoms with Gasteiger partial charge >= 0.3 is 6.61 Å². The summed E-state index contributed by atoms with van der Waals surface area (Å²) in [4.78, 5) is 5.39. The van der Waals surface area contributed by atoms with E-state index >= 15 is 0 Å². The van der Waals surface area contributed by atoms with Gasteiger partial charge in [0.2, 0.25) is 0 Å². The molecule has 0 unspecified atom stereocenters. The van der Waals surface area contributed by atoms with Crippen LogP contribution in [0.15, 0.2) is 40.7 Å². The Kier molecular flexibility index (Phi) is 7.27. The van der Waals surface area contributed by atoms with Gasteiger partial charge in [-0.1, -0.05) is 17.7 Å². The van der Waals surface area contributed by atoms with E-state index in [9.17, 15) is 8.78 Å². The van der Waals surface area contributed by atoms with Gasteiger partial charge in [0, 0.05) is 35.6 Å². The lowest BCUT2D eigenvalue weighted by atomic mass is 10.2. The molecular weight excluding hydrogens is 356 g/mol. The SMILES string of the molecule is CN=C(NCCc1cccs1)NCc1cc(Cl)ccc1OC(F)F. The van der Waals surface area contributed by atoms with Crippen molar-refractivity contribution >= 4 is 28.9 Å². The summed E-state index contributed by atoms with van der Waals surface area (Å²) in [6, 6.07) is 8.61. The lowest BCUT2D eigenvalue weighted by molar-refractivity contribution is -0.0504. The number of nitrogens with one attached hydrogen (secondary N) is 2. The number of hydrogen-bond acceptors (Lipinski definition) is 3. The van der Waals surface area contributed by atoms with E-state index < -0.39 is 6.61 Å². The molecule has 0 bridgehead atoms. The Balaban J connectivity index is 1.89. The van der Waals surface area contributed by atoms with Crippen LogP contribution in [-0.2, 0) is 13.0 Å². The smallest absolute Gasteiger partial charge is 0.387 e. The summed E-state index contributed by atoms with van der Waals surface area (Å²) in [7, 11) is 1.65. The lowest BCUT2D eigenvalue weighted by Gasteiger charge is -2.14. The molecule has 130 valence electrons. The fourth-order valence-corrected chi connectivity index (χ4v) is 2.96. The van der Waals surface area contributed by atoms with E-state index in [-0.39, 0.29) is 12.3 Å².